The van der Waals surface area contributed by atoms with Gasteiger partial charge in [-0.15, -0.1) is 0 Å². The molecule has 21 heavy (non-hydrogen) atoms. The minimum absolute atomic E-state index is 0.539. The Morgan fingerprint density at radius 1 is 0.952 bits per heavy atom. The van der Waals surface area contributed by atoms with Crippen LogP contribution in [-0.4, -0.2) is 14.5 Å². The Bertz CT molecular complexity index is 1010. The van der Waals surface area contributed by atoms with E-state index in [-0.39, 0.29) is 0 Å². The zero-order valence-electron chi connectivity index (χ0n) is 11.1. The number of hydrogen-bond donors (Lipinski definition) is 0. The van der Waals surface area contributed by atoms with Gasteiger partial charge in [0, 0.05) is 5.39 Å². The van der Waals surface area contributed by atoms with E-state index in [1.54, 1.807) is 6.33 Å². The Morgan fingerprint density at radius 2 is 1.71 bits per heavy atom. The van der Waals surface area contributed by atoms with Crippen LogP contribution in [0.15, 0.2) is 60.9 Å². The number of aromatic nitrogens is 3. The minimum Gasteiger partial charge on any atom is -0.282 e. The molecule has 0 unspecified atom stereocenters. The van der Waals surface area contributed by atoms with Crippen LogP contribution in [0.2, 0.25) is 0 Å². The van der Waals surface area contributed by atoms with E-state index in [1.165, 1.54) is 0 Å². The third-order valence-corrected chi connectivity index (χ3v) is 3.51. The highest BCUT2D eigenvalue weighted by molar-refractivity contribution is 5.83. The first kappa shape index (κ1) is 11.6. The van der Waals surface area contributed by atoms with Crippen molar-refractivity contribution in [1.82, 2.24) is 14.5 Å². The monoisotopic (exact) mass is 270 g/mol. The second-order valence-electron chi connectivity index (χ2n) is 4.77. The molecular weight excluding hydrogens is 260 g/mol. The van der Waals surface area contributed by atoms with E-state index < -0.39 is 0 Å². The Morgan fingerprint density at radius 3 is 2.57 bits per heavy atom. The van der Waals surface area contributed by atoms with Gasteiger partial charge in [0.2, 0.25) is 0 Å². The van der Waals surface area contributed by atoms with E-state index in [1.807, 2.05) is 59.2 Å². The van der Waals surface area contributed by atoms with Gasteiger partial charge < -0.3 is 0 Å². The lowest BCUT2D eigenvalue weighted by Gasteiger charge is -2.07. The molecule has 4 heteroatoms. The van der Waals surface area contributed by atoms with Gasteiger partial charge in [-0.1, -0.05) is 30.3 Å². The van der Waals surface area contributed by atoms with Crippen LogP contribution in [0, 0.1) is 11.3 Å². The number of nitriles is 1. The van der Waals surface area contributed by atoms with E-state index >= 15 is 0 Å². The topological polar surface area (TPSA) is 54.5 Å². The highest BCUT2D eigenvalue weighted by Gasteiger charge is 2.11. The molecule has 0 spiro atoms. The van der Waals surface area contributed by atoms with Crippen molar-refractivity contribution < 1.29 is 0 Å². The predicted octanol–water partition coefficient (Wildman–Crippen LogP) is 3.45. The summed E-state index contributed by atoms with van der Waals surface area (Å²) in [5.41, 5.74) is 3.23. The number of pyridine rings is 1. The van der Waals surface area contributed by atoms with E-state index in [2.05, 4.69) is 16.0 Å². The summed E-state index contributed by atoms with van der Waals surface area (Å²) in [4.78, 5) is 9.00. The van der Waals surface area contributed by atoms with Crippen LogP contribution in [0.5, 0.6) is 0 Å². The fourth-order valence-corrected chi connectivity index (χ4v) is 2.50. The van der Waals surface area contributed by atoms with Gasteiger partial charge in [0.1, 0.15) is 12.4 Å². The second kappa shape index (κ2) is 4.43. The Hall–Kier alpha value is -3.19. The first-order valence-corrected chi connectivity index (χ1v) is 6.59. The van der Waals surface area contributed by atoms with Gasteiger partial charge in [-0.05, 0) is 24.3 Å². The fraction of sp³-hybridized carbons (Fsp3) is 0. The lowest BCUT2D eigenvalue weighted by Crippen LogP contribution is -2.00. The number of rotatable bonds is 1. The van der Waals surface area contributed by atoms with Crippen LogP contribution in [0.4, 0.5) is 0 Å². The molecule has 0 radical (unpaired) electrons. The zero-order valence-corrected chi connectivity index (χ0v) is 11.1. The normalized spacial score (nSPS) is 10.8. The molecule has 0 atom stereocenters. The lowest BCUT2D eigenvalue weighted by molar-refractivity contribution is 1.03. The molecule has 4 nitrogen and oxygen atoms in total. The van der Waals surface area contributed by atoms with E-state index in [9.17, 15) is 5.26 Å². The molecule has 0 aliphatic heterocycles. The third kappa shape index (κ3) is 1.76. The summed E-state index contributed by atoms with van der Waals surface area (Å²) in [6.45, 7) is 0. The maximum atomic E-state index is 9.43. The molecule has 0 bridgehead atoms. The number of imidazole rings is 1. The molecule has 2 aromatic carbocycles. The first-order valence-electron chi connectivity index (χ1n) is 6.59. The molecule has 0 saturated heterocycles. The Balaban J connectivity index is 2.08. The number of nitrogens with zero attached hydrogens (tertiary/aromatic N) is 4. The second-order valence-corrected chi connectivity index (χ2v) is 4.77. The molecule has 4 rings (SSSR count). The van der Waals surface area contributed by atoms with Crippen LogP contribution < -0.4 is 0 Å². The van der Waals surface area contributed by atoms with E-state index in [0.717, 1.165) is 21.9 Å². The summed E-state index contributed by atoms with van der Waals surface area (Å²) in [7, 11) is 0. The average Bonchev–Trinajstić information content (AvgIpc) is 2.97. The maximum Gasteiger partial charge on any atom is 0.157 e. The van der Waals surface area contributed by atoms with Gasteiger partial charge in [-0.2, -0.15) is 5.26 Å². The summed E-state index contributed by atoms with van der Waals surface area (Å²) in [6, 6.07) is 19.7. The van der Waals surface area contributed by atoms with Crippen LogP contribution in [0.25, 0.3) is 27.8 Å². The lowest BCUT2D eigenvalue weighted by atomic mass is 10.1. The molecule has 4 aromatic rings. The molecule has 0 aliphatic carbocycles. The summed E-state index contributed by atoms with van der Waals surface area (Å²) < 4.78 is 1.86. The van der Waals surface area contributed by atoms with Gasteiger partial charge in [0.25, 0.3) is 0 Å². The van der Waals surface area contributed by atoms with E-state index in [4.69, 9.17) is 0 Å². The van der Waals surface area contributed by atoms with Crippen molar-refractivity contribution in [3.63, 3.8) is 0 Å². The van der Waals surface area contributed by atoms with Gasteiger partial charge in [0.15, 0.2) is 5.82 Å². The molecular formula is C17H10N4. The fourth-order valence-electron chi connectivity index (χ4n) is 2.50. The molecule has 0 saturated carbocycles. The van der Waals surface area contributed by atoms with Crippen molar-refractivity contribution in [3.05, 3.63) is 66.5 Å². The molecule has 0 amide bonds. The maximum absolute atomic E-state index is 9.43. The highest BCUT2D eigenvalue weighted by atomic mass is 15.1. The van der Waals surface area contributed by atoms with Crippen molar-refractivity contribution in [2.45, 2.75) is 0 Å². The predicted molar refractivity (Wildman–Crippen MR) is 81.1 cm³/mol. The molecule has 0 fully saturated rings. The summed E-state index contributed by atoms with van der Waals surface area (Å²) >= 11 is 0. The van der Waals surface area contributed by atoms with Gasteiger partial charge in [0.05, 0.1) is 22.1 Å². The van der Waals surface area contributed by atoms with Gasteiger partial charge in [-0.25, -0.2) is 9.97 Å². The quantitative estimate of drug-likeness (QED) is 0.532. The smallest absolute Gasteiger partial charge is 0.157 e. The Labute approximate surface area is 120 Å². The minimum atomic E-state index is 0.539. The number of para-hydroxylation sites is 3. The standard InChI is InChI=1S/C17H10N4/c18-10-13-9-12-5-1-2-6-14(12)20-17(13)21-11-19-15-7-3-4-8-16(15)21/h1-9,11H. The van der Waals surface area contributed by atoms with Crippen LogP contribution in [-0.2, 0) is 0 Å². The number of benzene rings is 2. The third-order valence-electron chi connectivity index (χ3n) is 3.51. The molecule has 0 N–H and O–H groups in total. The summed E-state index contributed by atoms with van der Waals surface area (Å²) in [6.07, 6.45) is 1.71. The summed E-state index contributed by atoms with van der Waals surface area (Å²) in [5.74, 6) is 0.616. The van der Waals surface area contributed by atoms with Crippen molar-refractivity contribution in [3.8, 4) is 11.9 Å². The van der Waals surface area contributed by atoms with Crippen molar-refractivity contribution in [2.75, 3.05) is 0 Å². The molecule has 98 valence electrons. The largest absolute Gasteiger partial charge is 0.282 e. The molecule has 0 aliphatic rings. The summed E-state index contributed by atoms with van der Waals surface area (Å²) in [5, 5.41) is 10.4. The van der Waals surface area contributed by atoms with Crippen molar-refractivity contribution in [1.29, 1.82) is 5.26 Å². The highest BCUT2D eigenvalue weighted by Crippen LogP contribution is 2.22. The zero-order chi connectivity index (χ0) is 14.2. The van der Waals surface area contributed by atoms with Crippen LogP contribution in [0.3, 0.4) is 0 Å². The van der Waals surface area contributed by atoms with Crippen molar-refractivity contribution >= 4 is 21.9 Å². The number of hydrogen-bond acceptors (Lipinski definition) is 3. The van der Waals surface area contributed by atoms with Crippen LogP contribution in [0.1, 0.15) is 5.56 Å². The van der Waals surface area contributed by atoms with E-state index in [0.29, 0.717) is 11.4 Å². The van der Waals surface area contributed by atoms with Gasteiger partial charge >= 0.3 is 0 Å². The molecule has 2 heterocycles. The SMILES string of the molecule is N#Cc1cc2ccccc2nc1-n1cnc2ccccc21. The van der Waals surface area contributed by atoms with Crippen molar-refractivity contribution in [2.24, 2.45) is 0 Å². The molecule has 2 aromatic heterocycles. The van der Waals surface area contributed by atoms with Gasteiger partial charge in [-0.3, -0.25) is 4.57 Å². The first-order chi connectivity index (χ1) is 10.4. The number of fused-ring (bicyclic) bond motifs is 2. The average molecular weight is 270 g/mol. The Kier molecular flexibility index (Phi) is 2.45. The van der Waals surface area contributed by atoms with Crippen LogP contribution >= 0.6 is 0 Å².